The second-order valence-electron chi connectivity index (χ2n) is 6.47. The summed E-state index contributed by atoms with van der Waals surface area (Å²) in [5, 5.41) is 11.5. The van der Waals surface area contributed by atoms with Gasteiger partial charge >= 0.3 is 172 Å². The van der Waals surface area contributed by atoms with E-state index in [2.05, 4.69) is 9.19 Å². The zero-order valence-corrected chi connectivity index (χ0v) is 18.3. The molecule has 0 heterocycles. The van der Waals surface area contributed by atoms with Crippen LogP contribution in [-0.4, -0.2) is 42.3 Å². The van der Waals surface area contributed by atoms with Crippen molar-refractivity contribution in [3.63, 3.8) is 0 Å². The molecule has 9 heteroatoms. The Balaban J connectivity index is 2.70. The second-order valence-corrected chi connectivity index (χ2v) is 10.0. The first kappa shape index (κ1) is 22.9. The van der Waals surface area contributed by atoms with Crippen LogP contribution < -0.4 is 14.4 Å². The van der Waals surface area contributed by atoms with Gasteiger partial charge in [0.05, 0.1) is 0 Å². The summed E-state index contributed by atoms with van der Waals surface area (Å²) in [5.74, 6) is -0.219. The molecule has 29 heavy (non-hydrogen) atoms. The number of hydrogen-bond donors (Lipinski definition) is 3. The van der Waals surface area contributed by atoms with Crippen LogP contribution in [-0.2, 0) is 18.8 Å². The van der Waals surface area contributed by atoms with Gasteiger partial charge in [0.25, 0.3) is 0 Å². The summed E-state index contributed by atoms with van der Waals surface area (Å²) >= 11 is -5.33. The molecule has 0 bridgehead atoms. The molecule has 0 saturated carbocycles. The number of ether oxygens (including phenoxy) is 1. The third-order valence-corrected chi connectivity index (χ3v) is 6.92. The van der Waals surface area contributed by atoms with Gasteiger partial charge < -0.3 is 0 Å². The number of amides is 1. The van der Waals surface area contributed by atoms with Crippen molar-refractivity contribution in [3.8, 4) is 5.75 Å². The summed E-state index contributed by atoms with van der Waals surface area (Å²) in [4.78, 5) is 24.7. The average Bonchev–Trinajstić information content (AvgIpc) is 2.71. The van der Waals surface area contributed by atoms with Gasteiger partial charge in [0.2, 0.25) is 0 Å². The molecule has 1 amide bonds. The molecule has 0 aliphatic heterocycles. The van der Waals surface area contributed by atoms with E-state index in [9.17, 15) is 17.4 Å². The topological polar surface area (TPSA) is 122 Å². The van der Waals surface area contributed by atoms with E-state index in [0.717, 1.165) is 6.42 Å². The third kappa shape index (κ3) is 5.58. The fourth-order valence-corrected chi connectivity index (χ4v) is 4.97. The molecular formula is C20H24AsNO7. The Morgan fingerprint density at radius 1 is 1.17 bits per heavy atom. The Labute approximate surface area is 171 Å². The van der Waals surface area contributed by atoms with Crippen molar-refractivity contribution >= 4 is 35.9 Å². The van der Waals surface area contributed by atoms with Gasteiger partial charge in [-0.05, 0) is 0 Å². The normalized spacial score (nSPS) is 12.9. The molecule has 0 aliphatic rings. The maximum atomic E-state index is 13.2. The van der Waals surface area contributed by atoms with E-state index in [0.29, 0.717) is 29.7 Å². The molecule has 8 nitrogen and oxygen atoms in total. The minimum absolute atomic E-state index is 0.164. The van der Waals surface area contributed by atoms with Gasteiger partial charge in [-0.15, -0.1) is 0 Å². The predicted molar refractivity (Wildman–Crippen MR) is 108 cm³/mol. The van der Waals surface area contributed by atoms with Crippen molar-refractivity contribution in [2.75, 3.05) is 12.4 Å². The summed E-state index contributed by atoms with van der Waals surface area (Å²) in [5.41, 5.74) is 0.996. The predicted octanol–water partition coefficient (Wildman–Crippen LogP) is 2.29. The Morgan fingerprint density at radius 2 is 1.83 bits per heavy atom. The number of carbonyl (C=O) groups is 2. The number of ketones is 1. The second kappa shape index (κ2) is 9.89. The summed E-state index contributed by atoms with van der Waals surface area (Å²) in [6.45, 7) is 3.23. The number of methoxy groups -OCH3 is 1. The molecule has 0 saturated heterocycles. The van der Waals surface area contributed by atoms with E-state index in [1.165, 1.54) is 26.2 Å². The summed E-state index contributed by atoms with van der Waals surface area (Å²) in [6.07, 6.45) is 1.76. The van der Waals surface area contributed by atoms with Crippen LogP contribution in [0.15, 0.2) is 36.4 Å². The van der Waals surface area contributed by atoms with E-state index >= 15 is 0 Å². The third-order valence-electron chi connectivity index (χ3n) is 4.34. The fourth-order valence-electron chi connectivity index (χ4n) is 2.94. The van der Waals surface area contributed by atoms with Gasteiger partial charge in [-0.2, -0.15) is 0 Å². The van der Waals surface area contributed by atoms with Gasteiger partial charge in [-0.3, -0.25) is 0 Å². The number of unbranched alkanes of at least 4 members (excludes halogenated alkanes) is 1. The van der Waals surface area contributed by atoms with Crippen molar-refractivity contribution in [3.05, 3.63) is 53.1 Å². The van der Waals surface area contributed by atoms with Crippen LogP contribution in [0.3, 0.4) is 0 Å². The molecule has 2 aromatic carbocycles. The molecule has 0 spiro atoms. The summed E-state index contributed by atoms with van der Waals surface area (Å²) in [7, 11) is 1.51. The van der Waals surface area contributed by atoms with E-state index < -0.39 is 20.1 Å². The van der Waals surface area contributed by atoms with Crippen LogP contribution in [0.5, 0.6) is 5.75 Å². The van der Waals surface area contributed by atoms with Gasteiger partial charge in [0, 0.05) is 0 Å². The molecule has 156 valence electrons. The van der Waals surface area contributed by atoms with Gasteiger partial charge in [0.15, 0.2) is 0 Å². The number of rotatable bonds is 9. The van der Waals surface area contributed by atoms with Crippen molar-refractivity contribution in [2.24, 2.45) is 0 Å². The van der Waals surface area contributed by atoms with Crippen LogP contribution in [0, 0.1) is 0 Å². The molecule has 3 N–H and O–H groups in total. The fraction of sp³-hybridized carbons (Fsp3) is 0.300. The Morgan fingerprint density at radius 3 is 2.34 bits per heavy atom. The number of benzene rings is 2. The number of hydrogen-bond acceptors (Lipinski definition) is 6. The molecule has 0 aromatic heterocycles. The van der Waals surface area contributed by atoms with Gasteiger partial charge in [0.1, 0.15) is 0 Å². The average molecular weight is 465 g/mol. The maximum absolute atomic E-state index is 13.2. The summed E-state index contributed by atoms with van der Waals surface area (Å²) < 4.78 is 31.5. The SMILES string of the molecule is CCCCc1c(C(=O)c2ccc(OC)cc2)cc(NC(C)=O)cc1[As](=O)(O)OO. The van der Waals surface area contributed by atoms with E-state index in [1.54, 1.807) is 24.3 Å². The van der Waals surface area contributed by atoms with E-state index in [1.807, 2.05) is 6.92 Å². The van der Waals surface area contributed by atoms with Crippen molar-refractivity contribution in [1.29, 1.82) is 0 Å². The molecule has 0 fully saturated rings. The zero-order chi connectivity index (χ0) is 21.6. The van der Waals surface area contributed by atoms with Crippen molar-refractivity contribution in [2.45, 2.75) is 33.1 Å². The molecule has 0 radical (unpaired) electrons. The monoisotopic (exact) mass is 465 g/mol. The number of carbonyl (C=O) groups excluding carboxylic acids is 2. The zero-order valence-electron chi connectivity index (χ0n) is 16.5. The quantitative estimate of drug-likeness (QED) is 0.225. The minimum atomic E-state index is -5.33. The van der Waals surface area contributed by atoms with Crippen molar-refractivity contribution in [1.82, 2.24) is 0 Å². The van der Waals surface area contributed by atoms with Gasteiger partial charge in [-0.1, -0.05) is 0 Å². The number of anilines is 1. The van der Waals surface area contributed by atoms with Crippen LogP contribution in [0.4, 0.5) is 5.69 Å². The Hall–Kier alpha value is -2.38. The van der Waals surface area contributed by atoms with Crippen LogP contribution in [0.2, 0.25) is 0 Å². The Kier molecular flexibility index (Phi) is 7.81. The van der Waals surface area contributed by atoms with Crippen LogP contribution in [0.25, 0.3) is 0 Å². The standard InChI is InChI=1S/C20H24AsNO7/c1-4-5-6-17-18(20(24)14-7-9-16(28-3)10-8-14)11-15(22-13(2)23)12-19(17)21(25,26)29-27/h7-12,27H,4-6H2,1-3H3,(H,22,23)(H,25,26). The number of nitrogens with one attached hydrogen (secondary N) is 1. The van der Waals surface area contributed by atoms with Crippen molar-refractivity contribution < 1.29 is 31.3 Å². The van der Waals surface area contributed by atoms with E-state index in [-0.39, 0.29) is 21.4 Å². The molecule has 2 rings (SSSR count). The first-order valence-corrected chi connectivity index (χ1v) is 12.3. The molecule has 0 aliphatic carbocycles. The first-order valence-electron chi connectivity index (χ1n) is 9.03. The van der Waals surface area contributed by atoms with Crippen LogP contribution in [0.1, 0.15) is 48.2 Å². The molecule has 1 unspecified atom stereocenters. The van der Waals surface area contributed by atoms with Crippen LogP contribution >= 0.6 is 0 Å². The first-order chi connectivity index (χ1) is 13.7. The molecular weight excluding hydrogens is 441 g/mol. The van der Waals surface area contributed by atoms with E-state index in [4.69, 9.17) is 9.99 Å². The summed E-state index contributed by atoms with van der Waals surface area (Å²) in [6, 6.07) is 9.18. The molecule has 2 aromatic rings. The molecule has 1 atom stereocenters. The van der Waals surface area contributed by atoms with Gasteiger partial charge in [-0.25, -0.2) is 0 Å². The Bertz CT molecular complexity index is 941.